The number of anilines is 3. The predicted molar refractivity (Wildman–Crippen MR) is 116 cm³/mol. The zero-order valence-corrected chi connectivity index (χ0v) is 17.2. The molecular formula is C21H15F4N5OS. The van der Waals surface area contributed by atoms with E-state index in [0.29, 0.717) is 21.3 Å². The smallest absolute Gasteiger partial charge is 0.383 e. The number of aryl methyl sites for hydroxylation is 1. The Labute approximate surface area is 183 Å². The summed E-state index contributed by atoms with van der Waals surface area (Å²) in [6.07, 6.45) is -3.19. The van der Waals surface area contributed by atoms with Crippen molar-refractivity contribution in [3.8, 4) is 11.1 Å². The number of rotatable bonds is 3. The van der Waals surface area contributed by atoms with Crippen molar-refractivity contribution >= 4 is 44.8 Å². The number of alkyl halides is 3. The molecule has 4 aromatic rings. The van der Waals surface area contributed by atoms with Gasteiger partial charge in [0.2, 0.25) is 0 Å². The van der Waals surface area contributed by atoms with Crippen molar-refractivity contribution in [1.29, 1.82) is 0 Å². The fourth-order valence-corrected chi connectivity index (χ4v) is 4.26. The SMILES string of the molecule is Cc1sc2ncnc(N)c2c1-c1ccc(NC(=O)Nc2cccc(C(F)(F)F)c2)c(F)c1. The maximum absolute atomic E-state index is 14.7. The predicted octanol–water partition coefficient (Wildman–Crippen LogP) is 6.05. The molecule has 0 radical (unpaired) electrons. The van der Waals surface area contributed by atoms with Gasteiger partial charge in [-0.3, -0.25) is 0 Å². The van der Waals surface area contributed by atoms with Crippen molar-refractivity contribution in [2.24, 2.45) is 0 Å². The zero-order valence-electron chi connectivity index (χ0n) is 16.4. The van der Waals surface area contributed by atoms with Crippen LogP contribution in [0.2, 0.25) is 0 Å². The number of nitrogens with two attached hydrogens (primary N) is 1. The minimum atomic E-state index is -4.55. The number of urea groups is 1. The van der Waals surface area contributed by atoms with Crippen molar-refractivity contribution < 1.29 is 22.4 Å². The van der Waals surface area contributed by atoms with Crippen LogP contribution in [0.3, 0.4) is 0 Å². The van der Waals surface area contributed by atoms with Gasteiger partial charge in [0.15, 0.2) is 0 Å². The Kier molecular flexibility index (Phi) is 5.43. The van der Waals surface area contributed by atoms with E-state index in [9.17, 15) is 22.4 Å². The molecule has 32 heavy (non-hydrogen) atoms. The lowest BCUT2D eigenvalue weighted by Gasteiger charge is -2.12. The van der Waals surface area contributed by atoms with Crippen LogP contribution >= 0.6 is 11.3 Å². The number of fused-ring (bicyclic) bond motifs is 1. The molecular weight excluding hydrogens is 446 g/mol. The molecule has 11 heteroatoms. The van der Waals surface area contributed by atoms with Crippen LogP contribution in [0.15, 0.2) is 48.8 Å². The summed E-state index contributed by atoms with van der Waals surface area (Å²) < 4.78 is 53.2. The van der Waals surface area contributed by atoms with E-state index in [1.807, 2.05) is 6.92 Å². The van der Waals surface area contributed by atoms with E-state index in [1.165, 1.54) is 35.9 Å². The van der Waals surface area contributed by atoms with Crippen LogP contribution in [-0.4, -0.2) is 16.0 Å². The fourth-order valence-electron chi connectivity index (χ4n) is 3.24. The molecule has 2 aromatic carbocycles. The number of nitrogen functional groups attached to an aromatic ring is 1. The summed E-state index contributed by atoms with van der Waals surface area (Å²) in [6.45, 7) is 1.85. The first-order chi connectivity index (χ1) is 15.1. The molecule has 0 saturated heterocycles. The molecule has 0 saturated carbocycles. The summed E-state index contributed by atoms with van der Waals surface area (Å²) in [7, 11) is 0. The van der Waals surface area contributed by atoms with E-state index in [4.69, 9.17) is 5.73 Å². The molecule has 2 heterocycles. The number of hydrogen-bond acceptors (Lipinski definition) is 5. The number of halogens is 4. The maximum atomic E-state index is 14.7. The molecule has 0 aliphatic rings. The van der Waals surface area contributed by atoms with Crippen LogP contribution in [0.25, 0.3) is 21.3 Å². The molecule has 2 amide bonds. The Morgan fingerprint density at radius 3 is 2.59 bits per heavy atom. The molecule has 0 unspecified atom stereocenters. The van der Waals surface area contributed by atoms with Gasteiger partial charge >= 0.3 is 12.2 Å². The first-order valence-electron chi connectivity index (χ1n) is 9.18. The number of amides is 2. The molecule has 0 bridgehead atoms. The Hall–Kier alpha value is -3.73. The van der Waals surface area contributed by atoms with Gasteiger partial charge in [0, 0.05) is 16.1 Å². The number of thiophene rings is 1. The van der Waals surface area contributed by atoms with E-state index >= 15 is 0 Å². The summed E-state index contributed by atoms with van der Waals surface area (Å²) in [4.78, 5) is 21.9. The number of carbonyl (C=O) groups is 1. The minimum Gasteiger partial charge on any atom is -0.383 e. The van der Waals surface area contributed by atoms with Gasteiger partial charge < -0.3 is 16.4 Å². The van der Waals surface area contributed by atoms with E-state index < -0.39 is 23.6 Å². The van der Waals surface area contributed by atoms with Crippen molar-refractivity contribution in [3.05, 3.63) is 65.0 Å². The number of carbonyl (C=O) groups excluding carboxylic acids is 1. The first kappa shape index (κ1) is 21.5. The molecule has 0 aliphatic heterocycles. The van der Waals surface area contributed by atoms with Gasteiger partial charge in [0.25, 0.3) is 0 Å². The number of benzene rings is 2. The van der Waals surface area contributed by atoms with Gasteiger partial charge in [-0.2, -0.15) is 13.2 Å². The van der Waals surface area contributed by atoms with Crippen LogP contribution in [-0.2, 0) is 6.18 Å². The van der Waals surface area contributed by atoms with Crippen LogP contribution < -0.4 is 16.4 Å². The highest BCUT2D eigenvalue weighted by Crippen LogP contribution is 2.40. The monoisotopic (exact) mass is 461 g/mol. The average molecular weight is 461 g/mol. The van der Waals surface area contributed by atoms with E-state index in [2.05, 4.69) is 20.6 Å². The van der Waals surface area contributed by atoms with Crippen molar-refractivity contribution in [1.82, 2.24) is 9.97 Å². The molecule has 0 atom stereocenters. The largest absolute Gasteiger partial charge is 0.416 e. The zero-order chi connectivity index (χ0) is 23.0. The van der Waals surface area contributed by atoms with Crippen LogP contribution in [0, 0.1) is 12.7 Å². The molecule has 4 N–H and O–H groups in total. The van der Waals surface area contributed by atoms with Crippen molar-refractivity contribution in [3.63, 3.8) is 0 Å². The highest BCUT2D eigenvalue weighted by atomic mass is 32.1. The molecule has 4 rings (SSSR count). The number of nitrogens with zero attached hydrogens (tertiary/aromatic N) is 2. The van der Waals surface area contributed by atoms with Gasteiger partial charge in [-0.25, -0.2) is 19.2 Å². The van der Waals surface area contributed by atoms with Crippen LogP contribution in [0.5, 0.6) is 0 Å². The lowest BCUT2D eigenvalue weighted by Crippen LogP contribution is -2.20. The summed E-state index contributed by atoms with van der Waals surface area (Å²) in [6, 6.07) is 7.45. The third kappa shape index (κ3) is 4.19. The number of aromatic nitrogens is 2. The molecule has 0 fully saturated rings. The normalized spacial score (nSPS) is 11.5. The highest BCUT2D eigenvalue weighted by Gasteiger charge is 2.30. The Bertz CT molecular complexity index is 1340. The first-order valence-corrected chi connectivity index (χ1v) is 10.00. The molecule has 164 valence electrons. The second kappa shape index (κ2) is 8.08. The lowest BCUT2D eigenvalue weighted by atomic mass is 10.0. The quantitative estimate of drug-likeness (QED) is 0.324. The molecule has 0 aliphatic carbocycles. The standard InChI is InChI=1S/C21H15F4N5OS/c1-10-16(17-18(26)27-9-28-19(17)32-10)11-5-6-15(14(22)7-11)30-20(31)29-13-4-2-3-12(8-13)21(23,24)25/h2-9H,1H3,(H2,26,27,28)(H2,29,30,31). The third-order valence-corrected chi connectivity index (χ3v) is 5.66. The average Bonchev–Trinajstić information content (AvgIpc) is 3.06. The fraction of sp³-hybridized carbons (Fsp3) is 0.0952. The van der Waals surface area contributed by atoms with Crippen LogP contribution in [0.1, 0.15) is 10.4 Å². The number of nitrogens with one attached hydrogen (secondary N) is 2. The number of hydrogen-bond donors (Lipinski definition) is 3. The molecule has 0 spiro atoms. The molecule has 2 aromatic heterocycles. The Morgan fingerprint density at radius 2 is 1.88 bits per heavy atom. The summed E-state index contributed by atoms with van der Waals surface area (Å²) in [5.74, 6) is -0.451. The van der Waals surface area contributed by atoms with Gasteiger partial charge in [-0.1, -0.05) is 12.1 Å². The van der Waals surface area contributed by atoms with Crippen molar-refractivity contribution in [2.45, 2.75) is 13.1 Å². The van der Waals surface area contributed by atoms with Gasteiger partial charge in [-0.05, 0) is 42.8 Å². The van der Waals surface area contributed by atoms with E-state index in [0.717, 1.165) is 23.1 Å². The third-order valence-electron chi connectivity index (χ3n) is 4.65. The van der Waals surface area contributed by atoms with Gasteiger partial charge in [-0.15, -0.1) is 11.3 Å². The Balaban J connectivity index is 1.56. The summed E-state index contributed by atoms with van der Waals surface area (Å²) >= 11 is 1.40. The van der Waals surface area contributed by atoms with Gasteiger partial charge in [0.1, 0.15) is 22.8 Å². The van der Waals surface area contributed by atoms with Crippen LogP contribution in [0.4, 0.5) is 39.5 Å². The second-order valence-electron chi connectivity index (χ2n) is 6.82. The lowest BCUT2D eigenvalue weighted by molar-refractivity contribution is -0.137. The van der Waals surface area contributed by atoms with E-state index in [-0.39, 0.29) is 17.2 Å². The van der Waals surface area contributed by atoms with Gasteiger partial charge in [0.05, 0.1) is 16.6 Å². The topological polar surface area (TPSA) is 92.9 Å². The highest BCUT2D eigenvalue weighted by molar-refractivity contribution is 7.19. The Morgan fingerprint density at radius 1 is 1.09 bits per heavy atom. The summed E-state index contributed by atoms with van der Waals surface area (Å²) in [5, 5.41) is 5.19. The summed E-state index contributed by atoms with van der Waals surface area (Å²) in [5.41, 5.74) is 6.07. The van der Waals surface area contributed by atoms with E-state index in [1.54, 1.807) is 6.07 Å². The van der Waals surface area contributed by atoms with Crippen molar-refractivity contribution in [2.75, 3.05) is 16.4 Å². The maximum Gasteiger partial charge on any atom is 0.416 e. The molecule has 6 nitrogen and oxygen atoms in total. The minimum absolute atomic E-state index is 0.0785. The second-order valence-corrected chi connectivity index (χ2v) is 8.03.